The lowest BCUT2D eigenvalue weighted by atomic mass is 10.1. The van der Waals surface area contributed by atoms with Gasteiger partial charge in [-0.25, -0.2) is 17.8 Å². The Kier molecular flexibility index (Phi) is 5.42. The molecule has 1 aliphatic rings. The summed E-state index contributed by atoms with van der Waals surface area (Å²) in [6.07, 6.45) is 4.05. The van der Waals surface area contributed by atoms with Gasteiger partial charge in [-0.2, -0.15) is 5.10 Å². The standard InChI is InChI=1S/C16H20FN5O4S/c1-27(24,25)9-22-8-11(6-21-22)10-4-12(15(18)23)16(20-5-10)26-14-2-3-19-7-13(14)17/h4-6,8,13-14,19H,2-3,7,9H2,1H3,(H2,18,23)/t13-,14+/m0/s1. The van der Waals surface area contributed by atoms with Crippen molar-refractivity contribution in [2.75, 3.05) is 19.3 Å². The number of nitrogens with zero attached hydrogens (tertiary/aromatic N) is 3. The van der Waals surface area contributed by atoms with Crippen LogP contribution in [0.15, 0.2) is 24.7 Å². The number of nitrogens with one attached hydrogen (secondary N) is 1. The molecule has 1 fully saturated rings. The number of nitrogens with two attached hydrogens (primary N) is 1. The first-order valence-corrected chi connectivity index (χ1v) is 10.3. The molecule has 2 aromatic heterocycles. The Morgan fingerprint density at radius 1 is 1.44 bits per heavy atom. The third-order valence-electron chi connectivity index (χ3n) is 4.06. The number of primary amides is 1. The first kappa shape index (κ1) is 19.2. The Morgan fingerprint density at radius 3 is 2.89 bits per heavy atom. The Bertz CT molecular complexity index is 946. The Hall–Kier alpha value is -2.53. The number of hydrogen-bond acceptors (Lipinski definition) is 7. The van der Waals surface area contributed by atoms with Crippen LogP contribution in [0, 0.1) is 0 Å². The monoisotopic (exact) mass is 397 g/mol. The number of hydrogen-bond donors (Lipinski definition) is 2. The number of carbonyl (C=O) groups excluding carboxylic acids is 1. The normalized spacial score (nSPS) is 20.4. The second-order valence-corrected chi connectivity index (χ2v) is 8.54. The summed E-state index contributed by atoms with van der Waals surface area (Å²) in [5.41, 5.74) is 6.52. The van der Waals surface area contributed by atoms with Crippen LogP contribution in [0.1, 0.15) is 16.8 Å². The molecule has 2 atom stereocenters. The molecule has 11 heteroatoms. The molecule has 0 radical (unpaired) electrons. The molecular formula is C16H20FN5O4S. The van der Waals surface area contributed by atoms with Crippen LogP contribution in [0.5, 0.6) is 5.88 Å². The first-order valence-electron chi connectivity index (χ1n) is 8.25. The topological polar surface area (TPSA) is 129 Å². The Morgan fingerprint density at radius 2 is 2.22 bits per heavy atom. The molecule has 1 amide bonds. The summed E-state index contributed by atoms with van der Waals surface area (Å²) < 4.78 is 43.5. The average molecular weight is 397 g/mol. The van der Waals surface area contributed by atoms with Crippen molar-refractivity contribution in [3.05, 3.63) is 30.2 Å². The predicted octanol–water partition coefficient (Wildman–Crippen LogP) is 0.125. The number of ether oxygens (including phenoxy) is 1. The maximum absolute atomic E-state index is 14.0. The number of sulfone groups is 1. The SMILES string of the molecule is CS(=O)(=O)Cn1cc(-c2cnc(O[C@@H]3CCNC[C@@H]3F)c(C(N)=O)c2)cn1. The lowest BCUT2D eigenvalue weighted by Gasteiger charge is -2.27. The summed E-state index contributed by atoms with van der Waals surface area (Å²) in [7, 11) is -3.25. The van der Waals surface area contributed by atoms with E-state index >= 15 is 0 Å². The largest absolute Gasteiger partial charge is 0.471 e. The summed E-state index contributed by atoms with van der Waals surface area (Å²) in [5.74, 6) is -1.05. The first-order chi connectivity index (χ1) is 12.7. The van der Waals surface area contributed by atoms with Crippen molar-refractivity contribution in [3.63, 3.8) is 0 Å². The van der Waals surface area contributed by atoms with Crippen molar-refractivity contribution >= 4 is 15.7 Å². The number of carbonyl (C=O) groups is 1. The van der Waals surface area contributed by atoms with Crippen molar-refractivity contribution < 1.29 is 22.3 Å². The van der Waals surface area contributed by atoms with Gasteiger partial charge >= 0.3 is 0 Å². The molecule has 3 heterocycles. The van der Waals surface area contributed by atoms with Crippen LogP contribution in [-0.4, -0.2) is 60.7 Å². The summed E-state index contributed by atoms with van der Waals surface area (Å²) in [6.45, 7) is 0.781. The van der Waals surface area contributed by atoms with Crippen LogP contribution in [0.4, 0.5) is 4.39 Å². The minimum absolute atomic E-state index is 0.0223. The highest BCUT2D eigenvalue weighted by Crippen LogP contribution is 2.26. The fourth-order valence-electron chi connectivity index (χ4n) is 2.78. The van der Waals surface area contributed by atoms with Gasteiger partial charge < -0.3 is 15.8 Å². The molecule has 9 nitrogen and oxygen atoms in total. The van der Waals surface area contributed by atoms with E-state index in [0.717, 1.165) is 6.26 Å². The predicted molar refractivity (Wildman–Crippen MR) is 95.6 cm³/mol. The van der Waals surface area contributed by atoms with Crippen molar-refractivity contribution in [2.24, 2.45) is 5.73 Å². The zero-order valence-electron chi connectivity index (χ0n) is 14.6. The van der Waals surface area contributed by atoms with E-state index in [-0.39, 0.29) is 23.9 Å². The van der Waals surface area contributed by atoms with Gasteiger partial charge in [-0.15, -0.1) is 0 Å². The van der Waals surface area contributed by atoms with Crippen LogP contribution in [0.2, 0.25) is 0 Å². The maximum atomic E-state index is 14.0. The Labute approximate surface area is 155 Å². The molecule has 146 valence electrons. The zero-order chi connectivity index (χ0) is 19.6. The average Bonchev–Trinajstić information content (AvgIpc) is 3.03. The highest BCUT2D eigenvalue weighted by molar-refractivity contribution is 7.89. The molecule has 1 saturated heterocycles. The maximum Gasteiger partial charge on any atom is 0.254 e. The number of aromatic nitrogens is 3. The molecule has 2 aromatic rings. The van der Waals surface area contributed by atoms with Crippen molar-refractivity contribution in [1.29, 1.82) is 0 Å². The second-order valence-electron chi connectivity index (χ2n) is 6.43. The highest BCUT2D eigenvalue weighted by atomic mass is 32.2. The number of halogens is 1. The van der Waals surface area contributed by atoms with Gasteiger partial charge in [0.1, 0.15) is 23.7 Å². The van der Waals surface area contributed by atoms with Crippen molar-refractivity contribution in [3.8, 4) is 17.0 Å². The van der Waals surface area contributed by atoms with Crippen LogP contribution in [0.25, 0.3) is 11.1 Å². The molecule has 1 aliphatic heterocycles. The van der Waals surface area contributed by atoms with E-state index < -0.39 is 28.0 Å². The van der Waals surface area contributed by atoms with Gasteiger partial charge in [-0.3, -0.25) is 9.48 Å². The van der Waals surface area contributed by atoms with Gasteiger partial charge in [0.25, 0.3) is 5.91 Å². The van der Waals surface area contributed by atoms with Gasteiger partial charge in [0.15, 0.2) is 9.84 Å². The third-order valence-corrected chi connectivity index (χ3v) is 4.79. The molecular weight excluding hydrogens is 377 g/mol. The summed E-state index contributed by atoms with van der Waals surface area (Å²) >= 11 is 0. The van der Waals surface area contributed by atoms with Crippen LogP contribution >= 0.6 is 0 Å². The fourth-order valence-corrected chi connectivity index (χ4v) is 3.40. The molecule has 3 N–H and O–H groups in total. The van der Waals surface area contributed by atoms with Crippen LogP contribution < -0.4 is 15.8 Å². The van der Waals surface area contributed by atoms with Crippen LogP contribution in [-0.2, 0) is 15.7 Å². The molecule has 0 saturated carbocycles. The smallest absolute Gasteiger partial charge is 0.254 e. The van der Waals surface area contributed by atoms with Gasteiger partial charge in [0.2, 0.25) is 5.88 Å². The van der Waals surface area contributed by atoms with Gasteiger partial charge in [0, 0.05) is 36.3 Å². The van der Waals surface area contributed by atoms with E-state index in [0.29, 0.717) is 24.1 Å². The minimum atomic E-state index is -3.25. The van der Waals surface area contributed by atoms with Crippen LogP contribution in [0.3, 0.4) is 0 Å². The lowest BCUT2D eigenvalue weighted by molar-refractivity contribution is 0.0676. The number of amides is 1. The molecule has 3 rings (SSSR count). The van der Waals surface area contributed by atoms with E-state index in [1.54, 1.807) is 0 Å². The minimum Gasteiger partial charge on any atom is -0.471 e. The Balaban J connectivity index is 1.86. The zero-order valence-corrected chi connectivity index (χ0v) is 15.4. The van der Waals surface area contributed by atoms with E-state index in [4.69, 9.17) is 10.5 Å². The quantitative estimate of drug-likeness (QED) is 0.708. The third kappa shape index (κ3) is 4.80. The lowest BCUT2D eigenvalue weighted by Crippen LogP contribution is -2.44. The number of piperidine rings is 1. The highest BCUT2D eigenvalue weighted by Gasteiger charge is 2.28. The van der Waals surface area contributed by atoms with E-state index in [9.17, 15) is 17.6 Å². The molecule has 0 bridgehead atoms. The summed E-state index contributed by atoms with van der Waals surface area (Å²) in [4.78, 5) is 15.9. The van der Waals surface area contributed by atoms with E-state index in [1.807, 2.05) is 0 Å². The van der Waals surface area contributed by atoms with E-state index in [1.165, 1.54) is 29.3 Å². The van der Waals surface area contributed by atoms with Gasteiger partial charge in [0.05, 0.1) is 6.20 Å². The van der Waals surface area contributed by atoms with Crippen molar-refractivity contribution in [1.82, 2.24) is 20.1 Å². The molecule has 0 unspecified atom stereocenters. The second kappa shape index (κ2) is 7.61. The molecule has 0 aromatic carbocycles. The molecule has 27 heavy (non-hydrogen) atoms. The summed E-state index contributed by atoms with van der Waals surface area (Å²) in [6, 6.07) is 1.47. The van der Waals surface area contributed by atoms with E-state index in [2.05, 4.69) is 15.4 Å². The van der Waals surface area contributed by atoms with Crippen molar-refractivity contribution in [2.45, 2.75) is 24.6 Å². The number of alkyl halides is 1. The number of pyridine rings is 1. The summed E-state index contributed by atoms with van der Waals surface area (Å²) in [5, 5.41) is 6.90. The molecule has 0 spiro atoms. The van der Waals surface area contributed by atoms with Gasteiger partial charge in [-0.05, 0) is 19.0 Å². The number of rotatable bonds is 6. The fraction of sp³-hybridized carbons (Fsp3) is 0.438. The van der Waals surface area contributed by atoms with Gasteiger partial charge in [-0.1, -0.05) is 0 Å². The molecule has 0 aliphatic carbocycles.